The van der Waals surface area contributed by atoms with Crippen molar-refractivity contribution in [1.82, 2.24) is 0 Å². The van der Waals surface area contributed by atoms with Gasteiger partial charge in [0.15, 0.2) is 0 Å². The molecule has 0 bridgehead atoms. The Bertz CT molecular complexity index is 31.8. The van der Waals surface area contributed by atoms with Gasteiger partial charge in [-0.3, -0.25) is 4.79 Å². The van der Waals surface area contributed by atoms with Crippen LogP contribution in [0, 0.1) is 0 Å². The Morgan fingerprint density at radius 1 is 1.67 bits per heavy atom. The van der Waals surface area contributed by atoms with Crippen molar-refractivity contribution in [2.24, 2.45) is 0 Å². The molecule has 0 rings (SSSR count). The minimum Gasteiger partial charge on any atom is -2.00 e. The molecule has 6 heavy (non-hydrogen) atoms. The van der Waals surface area contributed by atoms with Gasteiger partial charge in [0.25, 0.3) is 5.97 Å². The zero-order chi connectivity index (χ0) is 3.58. The maximum absolute atomic E-state index is 9.00. The summed E-state index contributed by atoms with van der Waals surface area (Å²) in [4.78, 5) is 9.00. The molecule has 3 nitrogen and oxygen atoms in total. The minimum atomic E-state index is -0.833. The first-order valence-corrected chi connectivity index (χ1v) is 0.928. The Labute approximate surface area is 76.1 Å². The molecule has 0 aromatic rings. The predicted octanol–water partition coefficient (Wildman–Crippen LogP) is -0.409. The van der Waals surface area contributed by atoms with E-state index in [0.717, 1.165) is 6.92 Å². The monoisotopic (exact) mass is 214 g/mol. The van der Waals surface area contributed by atoms with E-state index in [2.05, 4.69) is 0 Å². The first-order valence-electron chi connectivity index (χ1n) is 0.928. The SMILES string of the molecule is CC(=O)O.[Ba+2].[O-2]. The fraction of sp³-hybridized carbons (Fsp3) is 0.500. The van der Waals surface area contributed by atoms with Gasteiger partial charge in [-0.1, -0.05) is 0 Å². The molecule has 0 saturated carbocycles. The van der Waals surface area contributed by atoms with Crippen molar-refractivity contribution in [2.75, 3.05) is 0 Å². The van der Waals surface area contributed by atoms with Crippen LogP contribution in [0.4, 0.5) is 0 Å². The van der Waals surface area contributed by atoms with Gasteiger partial charge in [-0.05, 0) is 0 Å². The van der Waals surface area contributed by atoms with E-state index in [9.17, 15) is 0 Å². The van der Waals surface area contributed by atoms with Gasteiger partial charge in [0.05, 0.1) is 0 Å². The molecular weight excluding hydrogens is 209 g/mol. The van der Waals surface area contributed by atoms with Crippen LogP contribution in [0.2, 0.25) is 0 Å². The molecule has 0 radical (unpaired) electrons. The molecule has 0 aromatic heterocycles. The van der Waals surface area contributed by atoms with E-state index in [0.29, 0.717) is 0 Å². The largest absolute Gasteiger partial charge is 2.00 e. The van der Waals surface area contributed by atoms with Crippen LogP contribution in [0.5, 0.6) is 0 Å². The second-order valence-electron chi connectivity index (χ2n) is 0.519. The van der Waals surface area contributed by atoms with Crippen molar-refractivity contribution in [3.63, 3.8) is 0 Å². The van der Waals surface area contributed by atoms with Crippen molar-refractivity contribution in [3.8, 4) is 0 Å². The number of carboxylic acid groups (broad SMARTS) is 1. The van der Waals surface area contributed by atoms with E-state index in [1.165, 1.54) is 0 Å². The molecule has 0 unspecified atom stereocenters. The zero-order valence-electron chi connectivity index (χ0n) is 3.47. The Hall–Kier alpha value is 1.00. The zero-order valence-corrected chi connectivity index (χ0v) is 7.91. The second kappa shape index (κ2) is 9.38. The molecule has 0 aromatic carbocycles. The van der Waals surface area contributed by atoms with Crippen LogP contribution in [0.3, 0.4) is 0 Å². The van der Waals surface area contributed by atoms with Gasteiger partial charge < -0.3 is 10.6 Å². The van der Waals surface area contributed by atoms with E-state index in [-0.39, 0.29) is 54.4 Å². The van der Waals surface area contributed by atoms with E-state index in [1.54, 1.807) is 0 Å². The molecule has 0 fully saturated rings. The van der Waals surface area contributed by atoms with E-state index < -0.39 is 5.97 Å². The first-order chi connectivity index (χ1) is 1.73. The molecule has 0 spiro atoms. The van der Waals surface area contributed by atoms with Crippen molar-refractivity contribution >= 4 is 54.9 Å². The standard InChI is InChI=1S/C2H4O2.Ba.O/c1-2(3)4;;/h1H3,(H,3,4);;/q;+2;-2. The molecule has 1 N–H and O–H groups in total. The predicted molar refractivity (Wildman–Crippen MR) is 19.8 cm³/mol. The van der Waals surface area contributed by atoms with E-state index in [1.807, 2.05) is 0 Å². The van der Waals surface area contributed by atoms with Gasteiger partial charge in [-0.25, -0.2) is 0 Å². The Balaban J connectivity index is -0.0000000450. The van der Waals surface area contributed by atoms with Gasteiger partial charge >= 0.3 is 48.9 Å². The van der Waals surface area contributed by atoms with Gasteiger partial charge in [0.2, 0.25) is 0 Å². The molecule has 0 aliphatic heterocycles. The van der Waals surface area contributed by atoms with Crippen LogP contribution in [-0.4, -0.2) is 60.0 Å². The van der Waals surface area contributed by atoms with Crippen LogP contribution < -0.4 is 0 Å². The van der Waals surface area contributed by atoms with Gasteiger partial charge in [-0.15, -0.1) is 0 Å². The molecule has 0 saturated heterocycles. The number of aliphatic carboxylic acids is 1. The molecule has 0 aliphatic carbocycles. The van der Waals surface area contributed by atoms with E-state index >= 15 is 0 Å². The average Bonchev–Trinajstić information content (AvgIpc) is 0.811. The summed E-state index contributed by atoms with van der Waals surface area (Å²) in [5.41, 5.74) is 0. The van der Waals surface area contributed by atoms with Crippen LogP contribution >= 0.6 is 0 Å². The van der Waals surface area contributed by atoms with Crippen LogP contribution in [0.1, 0.15) is 6.92 Å². The topological polar surface area (TPSA) is 65.8 Å². The quantitative estimate of drug-likeness (QED) is 0.556. The third kappa shape index (κ3) is 79.9. The van der Waals surface area contributed by atoms with Gasteiger partial charge in [0, 0.05) is 6.92 Å². The van der Waals surface area contributed by atoms with Gasteiger partial charge in [-0.2, -0.15) is 0 Å². The normalized spacial score (nSPS) is 4.17. The summed E-state index contributed by atoms with van der Waals surface area (Å²) in [5, 5.41) is 7.42. The Morgan fingerprint density at radius 2 is 1.67 bits per heavy atom. The minimum absolute atomic E-state index is 0. The third-order valence-electron chi connectivity index (χ3n) is 0. The molecule has 0 amide bonds. The summed E-state index contributed by atoms with van der Waals surface area (Å²) in [6.07, 6.45) is 0. The number of carboxylic acids is 1. The maximum Gasteiger partial charge on any atom is 2.00 e. The summed E-state index contributed by atoms with van der Waals surface area (Å²) >= 11 is 0. The van der Waals surface area contributed by atoms with Crippen molar-refractivity contribution in [3.05, 3.63) is 0 Å². The molecular formula is C2H4BaO3. The second-order valence-corrected chi connectivity index (χ2v) is 0.519. The van der Waals surface area contributed by atoms with Crippen LogP contribution in [-0.2, 0) is 10.3 Å². The third-order valence-corrected chi connectivity index (χ3v) is 0. The summed E-state index contributed by atoms with van der Waals surface area (Å²) in [5.74, 6) is -0.833. The summed E-state index contributed by atoms with van der Waals surface area (Å²) in [6, 6.07) is 0. The Kier molecular flexibility index (Phi) is 24.6. The van der Waals surface area contributed by atoms with Crippen molar-refractivity contribution in [2.45, 2.75) is 6.92 Å². The number of rotatable bonds is 0. The average molecular weight is 213 g/mol. The van der Waals surface area contributed by atoms with Crippen molar-refractivity contribution < 1.29 is 15.4 Å². The summed E-state index contributed by atoms with van der Waals surface area (Å²) in [7, 11) is 0. The smallest absolute Gasteiger partial charge is 2.00 e. The molecule has 4 heteroatoms. The Morgan fingerprint density at radius 3 is 1.67 bits per heavy atom. The van der Waals surface area contributed by atoms with Crippen LogP contribution in [0.15, 0.2) is 0 Å². The fourth-order valence-electron chi connectivity index (χ4n) is 0. The molecule has 0 heterocycles. The summed E-state index contributed by atoms with van der Waals surface area (Å²) < 4.78 is 0. The van der Waals surface area contributed by atoms with E-state index in [4.69, 9.17) is 9.90 Å². The number of hydrogen-bond donors (Lipinski definition) is 1. The van der Waals surface area contributed by atoms with Gasteiger partial charge in [0.1, 0.15) is 0 Å². The molecule has 0 atom stereocenters. The van der Waals surface area contributed by atoms with Crippen molar-refractivity contribution in [1.29, 1.82) is 0 Å². The number of hydrogen-bond acceptors (Lipinski definition) is 1. The molecule has 0 aliphatic rings. The molecule has 32 valence electrons. The fourth-order valence-corrected chi connectivity index (χ4v) is 0. The van der Waals surface area contributed by atoms with Crippen LogP contribution in [0.25, 0.3) is 0 Å². The first kappa shape index (κ1) is 15.7. The number of carbonyl (C=O) groups is 1. The maximum atomic E-state index is 9.00. The summed E-state index contributed by atoms with van der Waals surface area (Å²) in [6.45, 7) is 1.08.